The van der Waals surface area contributed by atoms with Crippen molar-refractivity contribution in [1.29, 1.82) is 0 Å². The molecule has 0 aliphatic rings. The van der Waals surface area contributed by atoms with Gasteiger partial charge in [0.1, 0.15) is 5.69 Å². The molecular formula is C19H19N5O3. The average molecular weight is 365 g/mol. The number of carbonyl (C=O) groups is 1. The Kier molecular flexibility index (Phi) is 4.02. The normalized spacial score (nSPS) is 11.3. The fourth-order valence-electron chi connectivity index (χ4n) is 3.16. The average Bonchev–Trinajstić information content (AvgIpc) is 3.35. The van der Waals surface area contributed by atoms with Crippen LogP contribution in [0.25, 0.3) is 22.6 Å². The van der Waals surface area contributed by atoms with Crippen molar-refractivity contribution in [1.82, 2.24) is 25.2 Å². The van der Waals surface area contributed by atoms with Gasteiger partial charge in [0.15, 0.2) is 5.76 Å². The van der Waals surface area contributed by atoms with Gasteiger partial charge in [-0.25, -0.2) is 4.98 Å². The quantitative estimate of drug-likeness (QED) is 0.597. The van der Waals surface area contributed by atoms with Crippen molar-refractivity contribution in [2.75, 3.05) is 0 Å². The summed E-state index contributed by atoms with van der Waals surface area (Å²) in [4.78, 5) is 17.4. The maximum atomic E-state index is 13.0. The lowest BCUT2D eigenvalue weighted by Crippen LogP contribution is -2.24. The van der Waals surface area contributed by atoms with E-state index in [1.165, 1.54) is 0 Å². The Morgan fingerprint density at radius 2 is 2.07 bits per heavy atom. The molecule has 8 heteroatoms. The van der Waals surface area contributed by atoms with Gasteiger partial charge in [0.25, 0.3) is 11.6 Å². The first-order valence-corrected chi connectivity index (χ1v) is 8.54. The monoisotopic (exact) mass is 365 g/mol. The Hall–Kier alpha value is -3.42. The molecule has 1 amide bonds. The van der Waals surface area contributed by atoms with E-state index >= 15 is 0 Å². The third-order valence-electron chi connectivity index (χ3n) is 4.72. The van der Waals surface area contributed by atoms with Crippen LogP contribution in [0.2, 0.25) is 0 Å². The van der Waals surface area contributed by atoms with Crippen LogP contribution in [0.1, 0.15) is 33.0 Å². The number of aromatic nitrogens is 4. The molecule has 0 bridgehead atoms. The van der Waals surface area contributed by atoms with Crippen LogP contribution in [0.15, 0.2) is 33.4 Å². The Bertz CT molecular complexity index is 1140. The summed E-state index contributed by atoms with van der Waals surface area (Å²) in [6, 6.07) is 5.24. The van der Waals surface area contributed by atoms with Crippen molar-refractivity contribution in [2.24, 2.45) is 7.05 Å². The van der Waals surface area contributed by atoms with E-state index in [0.717, 1.165) is 17.0 Å². The Morgan fingerprint density at radius 1 is 1.26 bits per heavy atom. The van der Waals surface area contributed by atoms with Crippen LogP contribution in [0.3, 0.4) is 0 Å². The second-order valence-corrected chi connectivity index (χ2v) is 6.44. The molecule has 0 unspecified atom stereocenters. The lowest BCUT2D eigenvalue weighted by atomic mass is 10.1. The fraction of sp³-hybridized carbons (Fsp3) is 0.263. The van der Waals surface area contributed by atoms with Gasteiger partial charge in [0.05, 0.1) is 28.6 Å². The molecule has 4 aromatic rings. The summed E-state index contributed by atoms with van der Waals surface area (Å²) in [5, 5.41) is 11.9. The molecule has 138 valence electrons. The van der Waals surface area contributed by atoms with Crippen molar-refractivity contribution in [3.63, 3.8) is 0 Å². The van der Waals surface area contributed by atoms with Crippen LogP contribution >= 0.6 is 0 Å². The minimum atomic E-state index is -0.232. The second-order valence-electron chi connectivity index (χ2n) is 6.44. The third kappa shape index (κ3) is 2.88. The van der Waals surface area contributed by atoms with E-state index in [9.17, 15) is 4.79 Å². The number of nitrogens with zero attached hydrogens (tertiary/aromatic N) is 4. The Morgan fingerprint density at radius 3 is 2.74 bits per heavy atom. The van der Waals surface area contributed by atoms with Crippen LogP contribution in [-0.4, -0.2) is 25.8 Å². The first-order chi connectivity index (χ1) is 13.0. The van der Waals surface area contributed by atoms with Crippen LogP contribution in [0, 0.1) is 20.8 Å². The number of pyridine rings is 1. The van der Waals surface area contributed by atoms with Crippen molar-refractivity contribution >= 4 is 17.0 Å². The minimum Gasteiger partial charge on any atom is -0.463 e. The first kappa shape index (κ1) is 17.0. The predicted molar refractivity (Wildman–Crippen MR) is 98.1 cm³/mol. The molecule has 0 aromatic carbocycles. The molecule has 4 aromatic heterocycles. The van der Waals surface area contributed by atoms with Crippen molar-refractivity contribution in [3.05, 3.63) is 52.7 Å². The topological polar surface area (TPSA) is 99.0 Å². The van der Waals surface area contributed by atoms with Gasteiger partial charge in [-0.3, -0.25) is 9.48 Å². The van der Waals surface area contributed by atoms with Gasteiger partial charge < -0.3 is 14.3 Å². The standard InChI is InChI=1S/C19H19N5O3/c1-10-14(12(3)24(4)22-10)9-20-18(25)13-8-15(16-6-5-7-26-16)21-19-17(13)11(2)23-27-19/h5-8H,9H2,1-4H3,(H,20,25). The SMILES string of the molecule is Cc1nn(C)c(C)c1CNC(=O)c1cc(-c2ccco2)nc2onc(C)c12. The van der Waals surface area contributed by atoms with Crippen LogP contribution < -0.4 is 5.32 Å². The summed E-state index contributed by atoms with van der Waals surface area (Å²) in [7, 11) is 1.89. The smallest absolute Gasteiger partial charge is 0.259 e. The molecule has 0 atom stereocenters. The fourth-order valence-corrected chi connectivity index (χ4v) is 3.16. The highest BCUT2D eigenvalue weighted by molar-refractivity contribution is 6.06. The summed E-state index contributed by atoms with van der Waals surface area (Å²) in [5.41, 5.74) is 4.80. The highest BCUT2D eigenvalue weighted by Gasteiger charge is 2.20. The van der Waals surface area contributed by atoms with Gasteiger partial charge in [0, 0.05) is 24.8 Å². The number of hydrogen-bond donors (Lipinski definition) is 1. The van der Waals surface area contributed by atoms with E-state index in [0.29, 0.717) is 40.4 Å². The predicted octanol–water partition coefficient (Wildman–Crippen LogP) is 3.07. The molecule has 0 radical (unpaired) electrons. The Labute approximate surface area is 155 Å². The lowest BCUT2D eigenvalue weighted by molar-refractivity contribution is 0.0952. The van der Waals surface area contributed by atoms with Crippen molar-refractivity contribution in [2.45, 2.75) is 27.3 Å². The minimum absolute atomic E-state index is 0.232. The molecule has 0 saturated heterocycles. The molecular weight excluding hydrogens is 346 g/mol. The zero-order valence-electron chi connectivity index (χ0n) is 15.5. The molecule has 0 spiro atoms. The van der Waals surface area contributed by atoms with E-state index in [4.69, 9.17) is 8.94 Å². The zero-order valence-corrected chi connectivity index (χ0v) is 15.5. The Balaban J connectivity index is 1.71. The van der Waals surface area contributed by atoms with E-state index in [-0.39, 0.29) is 5.91 Å². The molecule has 4 rings (SSSR count). The maximum absolute atomic E-state index is 13.0. The van der Waals surface area contributed by atoms with E-state index in [2.05, 4.69) is 20.6 Å². The molecule has 0 aliphatic carbocycles. The van der Waals surface area contributed by atoms with Gasteiger partial charge >= 0.3 is 0 Å². The highest BCUT2D eigenvalue weighted by Crippen LogP contribution is 2.27. The highest BCUT2D eigenvalue weighted by atomic mass is 16.5. The van der Waals surface area contributed by atoms with Gasteiger partial charge in [-0.1, -0.05) is 5.16 Å². The van der Waals surface area contributed by atoms with E-state index in [1.807, 2.05) is 20.9 Å². The van der Waals surface area contributed by atoms with Crippen LogP contribution in [-0.2, 0) is 13.6 Å². The molecule has 27 heavy (non-hydrogen) atoms. The molecule has 0 fully saturated rings. The van der Waals surface area contributed by atoms with Gasteiger partial charge in [-0.2, -0.15) is 5.10 Å². The lowest BCUT2D eigenvalue weighted by Gasteiger charge is -2.08. The zero-order chi connectivity index (χ0) is 19.1. The summed E-state index contributed by atoms with van der Waals surface area (Å²) in [6.07, 6.45) is 1.56. The molecule has 1 N–H and O–H groups in total. The summed E-state index contributed by atoms with van der Waals surface area (Å²) < 4.78 is 12.5. The van der Waals surface area contributed by atoms with Crippen LogP contribution in [0.5, 0.6) is 0 Å². The first-order valence-electron chi connectivity index (χ1n) is 8.54. The summed E-state index contributed by atoms with van der Waals surface area (Å²) in [5.74, 6) is 0.322. The molecule has 8 nitrogen and oxygen atoms in total. The summed E-state index contributed by atoms with van der Waals surface area (Å²) in [6.45, 7) is 6.07. The summed E-state index contributed by atoms with van der Waals surface area (Å²) >= 11 is 0. The molecule has 0 aliphatic heterocycles. The number of nitrogens with one attached hydrogen (secondary N) is 1. The van der Waals surface area contributed by atoms with Crippen LogP contribution in [0.4, 0.5) is 0 Å². The second kappa shape index (κ2) is 6.39. The number of fused-ring (bicyclic) bond motifs is 1. The van der Waals surface area contributed by atoms with Gasteiger partial charge in [-0.15, -0.1) is 0 Å². The number of rotatable bonds is 4. The largest absolute Gasteiger partial charge is 0.463 e. The van der Waals surface area contributed by atoms with Gasteiger partial charge in [-0.05, 0) is 39.0 Å². The van der Waals surface area contributed by atoms with E-state index < -0.39 is 0 Å². The van der Waals surface area contributed by atoms with E-state index in [1.54, 1.807) is 36.1 Å². The number of amides is 1. The van der Waals surface area contributed by atoms with Crippen molar-refractivity contribution < 1.29 is 13.7 Å². The molecule has 0 saturated carbocycles. The third-order valence-corrected chi connectivity index (χ3v) is 4.72. The number of hydrogen-bond acceptors (Lipinski definition) is 6. The number of furan rings is 1. The number of aryl methyl sites for hydroxylation is 3. The molecule has 4 heterocycles. The maximum Gasteiger partial charge on any atom is 0.259 e. The van der Waals surface area contributed by atoms with Crippen molar-refractivity contribution in [3.8, 4) is 11.5 Å². The van der Waals surface area contributed by atoms with Gasteiger partial charge in [0.2, 0.25) is 0 Å². The number of carbonyl (C=O) groups excluding carboxylic acids is 1.